The Kier molecular flexibility index (Phi) is 9.94. The van der Waals surface area contributed by atoms with Crippen LogP contribution in [-0.2, 0) is 16.1 Å². The fourth-order valence-electron chi connectivity index (χ4n) is 3.38. The van der Waals surface area contributed by atoms with Gasteiger partial charge in [0.05, 0.1) is 5.69 Å². The van der Waals surface area contributed by atoms with Gasteiger partial charge in [0.2, 0.25) is 5.91 Å². The van der Waals surface area contributed by atoms with Gasteiger partial charge in [0.25, 0.3) is 0 Å². The van der Waals surface area contributed by atoms with Gasteiger partial charge in [-0.15, -0.1) is 0 Å². The zero-order valence-corrected chi connectivity index (χ0v) is 22.1. The number of hydrogen-bond donors (Lipinski definition) is 2. The number of amides is 2. The number of carbonyl (C=O) groups is 3. The molecule has 8 heteroatoms. The smallest absolute Gasteiger partial charge is 0.411 e. The summed E-state index contributed by atoms with van der Waals surface area (Å²) in [5.41, 5.74) is 2.86. The molecular formula is C29H35N3O5. The monoisotopic (exact) mass is 505 g/mol. The van der Waals surface area contributed by atoms with Gasteiger partial charge in [0, 0.05) is 18.3 Å². The molecule has 8 nitrogen and oxygen atoms in total. The second kappa shape index (κ2) is 12.7. The SMILES string of the molecule is C=C/C(=C\C(=C)CC)c1cnc(C(=O)O)c(NC(=O)CN(Cc2cccc(C)c2)C(=O)OC(C)(C)C)c1. The molecule has 0 fully saturated rings. The Bertz CT molecular complexity index is 1220. The summed E-state index contributed by atoms with van der Waals surface area (Å²) in [7, 11) is 0. The molecular weight excluding hydrogens is 470 g/mol. The summed E-state index contributed by atoms with van der Waals surface area (Å²) in [5, 5.41) is 12.2. The van der Waals surface area contributed by atoms with Crippen LogP contribution in [0.25, 0.3) is 5.57 Å². The molecule has 1 heterocycles. The highest BCUT2D eigenvalue weighted by molar-refractivity contribution is 6.01. The summed E-state index contributed by atoms with van der Waals surface area (Å²) < 4.78 is 5.50. The number of carbonyl (C=O) groups excluding carboxylic acids is 2. The van der Waals surface area contributed by atoms with Crippen LogP contribution in [0.2, 0.25) is 0 Å². The lowest BCUT2D eigenvalue weighted by Gasteiger charge is -2.27. The standard InChI is InChI=1S/C29H35N3O5/c1-8-19(3)14-22(9-2)23-15-24(26(27(34)35)30-16-23)31-25(33)18-32(28(36)37-29(5,6)7)17-21-12-10-11-20(4)13-21/h9-16H,2-3,8,17-18H2,1,4-7H3,(H,31,33)(H,34,35)/b22-14+. The number of allylic oxidation sites excluding steroid dienone is 4. The predicted molar refractivity (Wildman–Crippen MR) is 145 cm³/mol. The summed E-state index contributed by atoms with van der Waals surface area (Å²) in [6.45, 7) is 16.7. The lowest BCUT2D eigenvalue weighted by atomic mass is 10.0. The van der Waals surface area contributed by atoms with E-state index in [1.165, 1.54) is 17.2 Å². The maximum Gasteiger partial charge on any atom is 0.411 e. The summed E-state index contributed by atoms with van der Waals surface area (Å²) in [5.74, 6) is -1.89. The molecule has 0 radical (unpaired) electrons. The third-order valence-electron chi connectivity index (χ3n) is 5.17. The minimum Gasteiger partial charge on any atom is -0.476 e. The number of aryl methyl sites for hydroxylation is 1. The van der Waals surface area contributed by atoms with E-state index in [-0.39, 0.29) is 24.5 Å². The molecule has 2 N–H and O–H groups in total. The van der Waals surface area contributed by atoms with Crippen LogP contribution in [0.5, 0.6) is 0 Å². The normalized spacial score (nSPS) is 11.4. The van der Waals surface area contributed by atoms with Crippen LogP contribution < -0.4 is 5.32 Å². The molecule has 0 aliphatic carbocycles. The predicted octanol–water partition coefficient (Wildman–Crippen LogP) is 6.00. The van der Waals surface area contributed by atoms with E-state index in [2.05, 4.69) is 23.5 Å². The van der Waals surface area contributed by atoms with Gasteiger partial charge < -0.3 is 15.2 Å². The first kappa shape index (κ1) is 29.0. The molecule has 196 valence electrons. The number of rotatable bonds is 10. The number of aromatic carboxylic acids is 1. The number of carboxylic acids is 1. The van der Waals surface area contributed by atoms with E-state index in [0.717, 1.165) is 23.1 Å². The highest BCUT2D eigenvalue weighted by Gasteiger charge is 2.25. The van der Waals surface area contributed by atoms with Gasteiger partial charge in [-0.3, -0.25) is 9.69 Å². The summed E-state index contributed by atoms with van der Waals surface area (Å²) in [6, 6.07) is 9.09. The van der Waals surface area contributed by atoms with Crippen molar-refractivity contribution in [3.8, 4) is 0 Å². The Balaban J connectivity index is 2.36. The number of carboxylic acid groups (broad SMARTS) is 1. The second-order valence-corrected chi connectivity index (χ2v) is 9.61. The van der Waals surface area contributed by atoms with Gasteiger partial charge in [-0.2, -0.15) is 0 Å². The van der Waals surface area contributed by atoms with Crippen molar-refractivity contribution < 1.29 is 24.2 Å². The lowest BCUT2D eigenvalue weighted by molar-refractivity contribution is -0.117. The van der Waals surface area contributed by atoms with Crippen LogP contribution in [-0.4, -0.2) is 45.1 Å². The van der Waals surface area contributed by atoms with Gasteiger partial charge in [0.15, 0.2) is 5.69 Å². The molecule has 1 aromatic heterocycles. The van der Waals surface area contributed by atoms with Crippen LogP contribution in [0.3, 0.4) is 0 Å². The number of pyridine rings is 1. The van der Waals surface area contributed by atoms with Gasteiger partial charge >= 0.3 is 12.1 Å². The van der Waals surface area contributed by atoms with Crippen molar-refractivity contribution in [3.63, 3.8) is 0 Å². The minimum absolute atomic E-state index is 0.00422. The van der Waals surface area contributed by atoms with Crippen LogP contribution in [0.1, 0.15) is 61.3 Å². The molecule has 0 aliphatic heterocycles. The number of nitrogens with zero attached hydrogens (tertiary/aromatic N) is 2. The topological polar surface area (TPSA) is 109 Å². The molecule has 2 rings (SSSR count). The lowest BCUT2D eigenvalue weighted by Crippen LogP contribution is -2.41. The Morgan fingerprint density at radius 3 is 2.49 bits per heavy atom. The number of nitrogens with one attached hydrogen (secondary N) is 1. The van der Waals surface area contributed by atoms with Crippen molar-refractivity contribution >= 4 is 29.2 Å². The molecule has 0 saturated heterocycles. The number of anilines is 1. The Labute approximate surface area is 218 Å². The van der Waals surface area contributed by atoms with E-state index in [1.54, 1.807) is 26.8 Å². The second-order valence-electron chi connectivity index (χ2n) is 9.61. The van der Waals surface area contributed by atoms with Gasteiger partial charge in [-0.25, -0.2) is 14.6 Å². The van der Waals surface area contributed by atoms with E-state index in [9.17, 15) is 19.5 Å². The van der Waals surface area contributed by atoms with Crippen molar-refractivity contribution in [2.24, 2.45) is 0 Å². The summed E-state index contributed by atoms with van der Waals surface area (Å²) >= 11 is 0. The van der Waals surface area contributed by atoms with E-state index in [0.29, 0.717) is 11.1 Å². The van der Waals surface area contributed by atoms with Crippen LogP contribution in [0.15, 0.2) is 67.4 Å². The highest BCUT2D eigenvalue weighted by atomic mass is 16.6. The first-order valence-corrected chi connectivity index (χ1v) is 11.9. The fourth-order valence-corrected chi connectivity index (χ4v) is 3.38. The van der Waals surface area contributed by atoms with Crippen molar-refractivity contribution in [1.82, 2.24) is 9.88 Å². The van der Waals surface area contributed by atoms with Gasteiger partial charge in [0.1, 0.15) is 12.1 Å². The zero-order valence-electron chi connectivity index (χ0n) is 22.1. The fraction of sp³-hybridized carbons (Fsp3) is 0.310. The van der Waals surface area contributed by atoms with Crippen LogP contribution in [0.4, 0.5) is 10.5 Å². The van der Waals surface area contributed by atoms with Crippen molar-refractivity contribution in [1.29, 1.82) is 0 Å². The first-order chi connectivity index (χ1) is 17.3. The summed E-state index contributed by atoms with van der Waals surface area (Å²) in [6.07, 6.45) is 4.89. The highest BCUT2D eigenvalue weighted by Crippen LogP contribution is 2.24. The minimum atomic E-state index is -1.30. The van der Waals surface area contributed by atoms with E-state index in [1.807, 2.05) is 44.2 Å². The molecule has 0 aliphatic rings. The number of benzene rings is 1. The maximum absolute atomic E-state index is 13.1. The van der Waals surface area contributed by atoms with E-state index >= 15 is 0 Å². The molecule has 0 atom stereocenters. The molecule has 2 amide bonds. The van der Waals surface area contributed by atoms with E-state index < -0.39 is 23.6 Å². The first-order valence-electron chi connectivity index (χ1n) is 11.9. The number of ether oxygens (including phenoxy) is 1. The van der Waals surface area contributed by atoms with Gasteiger partial charge in [-0.05, 0) is 51.3 Å². The van der Waals surface area contributed by atoms with Crippen molar-refractivity contribution in [3.05, 3.63) is 89.8 Å². The third kappa shape index (κ3) is 9.07. The molecule has 1 aromatic carbocycles. The molecule has 0 saturated carbocycles. The summed E-state index contributed by atoms with van der Waals surface area (Å²) in [4.78, 5) is 43.1. The largest absolute Gasteiger partial charge is 0.476 e. The number of hydrogen-bond acceptors (Lipinski definition) is 5. The van der Waals surface area contributed by atoms with Crippen LogP contribution >= 0.6 is 0 Å². The quantitative estimate of drug-likeness (QED) is 0.383. The molecule has 0 unspecified atom stereocenters. The van der Waals surface area contributed by atoms with Crippen molar-refractivity contribution in [2.45, 2.75) is 53.2 Å². The number of aromatic nitrogens is 1. The average molecular weight is 506 g/mol. The molecule has 2 aromatic rings. The molecule has 0 spiro atoms. The molecule has 37 heavy (non-hydrogen) atoms. The Morgan fingerprint density at radius 1 is 1.22 bits per heavy atom. The molecule has 0 bridgehead atoms. The zero-order chi connectivity index (χ0) is 27.8. The van der Waals surface area contributed by atoms with E-state index in [4.69, 9.17) is 4.74 Å². The van der Waals surface area contributed by atoms with Crippen LogP contribution in [0, 0.1) is 6.92 Å². The maximum atomic E-state index is 13.1. The van der Waals surface area contributed by atoms with Gasteiger partial charge in [-0.1, -0.05) is 67.6 Å². The average Bonchev–Trinajstić information content (AvgIpc) is 2.80. The third-order valence-corrected chi connectivity index (χ3v) is 5.17. The Morgan fingerprint density at radius 2 is 1.92 bits per heavy atom. The Hall–Kier alpha value is -4.20. The van der Waals surface area contributed by atoms with Crippen molar-refractivity contribution in [2.75, 3.05) is 11.9 Å².